The Morgan fingerprint density at radius 2 is 1.94 bits per heavy atom. The highest BCUT2D eigenvalue weighted by molar-refractivity contribution is 5.93. The Morgan fingerprint density at radius 3 is 2.64 bits per heavy atom. The third-order valence-corrected chi connectivity index (χ3v) is 9.07. The number of nitrogens with two attached hydrogens (primary N) is 1. The number of rotatable bonds is 4. The minimum atomic E-state index is 0.138. The maximum absolute atomic E-state index is 6.04. The molecule has 2 nitrogen and oxygen atoms in total. The normalized spacial score (nSPS) is 28.6. The van der Waals surface area contributed by atoms with Gasteiger partial charge < -0.3 is 10.6 Å². The van der Waals surface area contributed by atoms with Gasteiger partial charge in [0.2, 0.25) is 0 Å². The number of fused-ring (bicyclic) bond motifs is 4. The number of hydrogen-bond donors (Lipinski definition) is 1. The first-order valence-electron chi connectivity index (χ1n) is 13.6. The van der Waals surface area contributed by atoms with Crippen LogP contribution in [0.25, 0.3) is 11.1 Å². The lowest BCUT2D eigenvalue weighted by Crippen LogP contribution is -2.26. The van der Waals surface area contributed by atoms with Crippen molar-refractivity contribution in [3.63, 3.8) is 0 Å². The molecule has 0 bridgehead atoms. The van der Waals surface area contributed by atoms with Crippen molar-refractivity contribution in [2.45, 2.75) is 69.9 Å². The van der Waals surface area contributed by atoms with Crippen molar-refractivity contribution in [1.82, 2.24) is 0 Å². The highest BCUT2D eigenvalue weighted by atomic mass is 15.2. The van der Waals surface area contributed by atoms with Crippen LogP contribution in [0.15, 0.2) is 85.5 Å². The monoisotopic (exact) mass is 474 g/mol. The molecule has 184 valence electrons. The van der Waals surface area contributed by atoms with Gasteiger partial charge in [-0.25, -0.2) is 0 Å². The number of nitrogens with zero attached hydrogens (tertiary/aromatic N) is 1. The molecule has 1 heterocycles. The van der Waals surface area contributed by atoms with Crippen LogP contribution >= 0.6 is 0 Å². The fourth-order valence-corrected chi connectivity index (χ4v) is 7.21. The van der Waals surface area contributed by atoms with Gasteiger partial charge >= 0.3 is 0 Å². The average Bonchev–Trinajstić information content (AvgIpc) is 3.32. The molecule has 0 saturated carbocycles. The summed E-state index contributed by atoms with van der Waals surface area (Å²) in [6, 6.07) is 14.6. The van der Waals surface area contributed by atoms with Crippen molar-refractivity contribution in [1.29, 1.82) is 0 Å². The van der Waals surface area contributed by atoms with Crippen LogP contribution in [0, 0.1) is 5.92 Å². The van der Waals surface area contributed by atoms with E-state index in [2.05, 4.69) is 111 Å². The molecule has 2 aromatic rings. The third-order valence-electron chi connectivity index (χ3n) is 9.07. The highest BCUT2D eigenvalue weighted by Gasteiger charge is 2.47. The predicted molar refractivity (Wildman–Crippen MR) is 155 cm³/mol. The molecular weight excluding hydrogens is 436 g/mol. The lowest BCUT2D eigenvalue weighted by Gasteiger charge is -2.31. The van der Waals surface area contributed by atoms with Gasteiger partial charge in [0.25, 0.3) is 0 Å². The Morgan fingerprint density at radius 1 is 1.14 bits per heavy atom. The lowest BCUT2D eigenvalue weighted by atomic mass is 9.73. The molecule has 1 aliphatic heterocycles. The summed E-state index contributed by atoms with van der Waals surface area (Å²) in [6.45, 7) is 11.2. The summed E-state index contributed by atoms with van der Waals surface area (Å²) in [7, 11) is 0. The zero-order chi connectivity index (χ0) is 25.0. The van der Waals surface area contributed by atoms with Gasteiger partial charge in [-0.3, -0.25) is 0 Å². The number of hydrogen-bond acceptors (Lipinski definition) is 2. The highest BCUT2D eigenvalue weighted by Crippen LogP contribution is 2.58. The second-order valence-corrected chi connectivity index (χ2v) is 11.4. The molecule has 6 rings (SSSR count). The summed E-state index contributed by atoms with van der Waals surface area (Å²) < 4.78 is 0. The van der Waals surface area contributed by atoms with Gasteiger partial charge in [0.15, 0.2) is 0 Å². The number of benzene rings is 2. The Kier molecular flexibility index (Phi) is 5.68. The molecular formula is C34H38N2. The Hall–Kier alpha value is -3.10. The summed E-state index contributed by atoms with van der Waals surface area (Å²) >= 11 is 0. The topological polar surface area (TPSA) is 29.3 Å². The van der Waals surface area contributed by atoms with E-state index in [0.717, 1.165) is 12.8 Å². The van der Waals surface area contributed by atoms with Gasteiger partial charge in [-0.1, -0.05) is 68.5 Å². The van der Waals surface area contributed by atoms with E-state index in [-0.39, 0.29) is 17.5 Å². The van der Waals surface area contributed by atoms with Crippen LogP contribution in [-0.4, -0.2) is 12.1 Å². The van der Waals surface area contributed by atoms with E-state index in [1.165, 1.54) is 46.5 Å². The molecule has 0 saturated heterocycles. The molecule has 2 heteroatoms. The minimum absolute atomic E-state index is 0.138. The smallest absolute Gasteiger partial charge is 0.0629 e. The summed E-state index contributed by atoms with van der Waals surface area (Å²) in [6.07, 6.45) is 20.1. The van der Waals surface area contributed by atoms with Crippen molar-refractivity contribution in [2.75, 3.05) is 4.90 Å². The molecule has 36 heavy (non-hydrogen) atoms. The van der Waals surface area contributed by atoms with E-state index in [1.54, 1.807) is 11.1 Å². The van der Waals surface area contributed by atoms with E-state index >= 15 is 0 Å². The van der Waals surface area contributed by atoms with Gasteiger partial charge in [0.05, 0.1) is 6.04 Å². The molecule has 4 aliphatic rings. The zero-order valence-electron chi connectivity index (χ0n) is 21.9. The first-order chi connectivity index (χ1) is 17.4. The fraction of sp³-hybridized carbons (Fsp3) is 0.353. The summed E-state index contributed by atoms with van der Waals surface area (Å²) in [4.78, 5) is 2.57. The van der Waals surface area contributed by atoms with Crippen molar-refractivity contribution >= 4 is 22.5 Å². The maximum Gasteiger partial charge on any atom is 0.0629 e. The quantitative estimate of drug-likeness (QED) is 0.453. The van der Waals surface area contributed by atoms with Crippen LogP contribution in [0.2, 0.25) is 0 Å². The zero-order valence-corrected chi connectivity index (χ0v) is 21.9. The van der Waals surface area contributed by atoms with E-state index in [9.17, 15) is 0 Å². The van der Waals surface area contributed by atoms with Crippen LogP contribution < -0.4 is 10.6 Å². The number of anilines is 2. The molecule has 3 aliphatic carbocycles. The van der Waals surface area contributed by atoms with Gasteiger partial charge in [-0.2, -0.15) is 0 Å². The van der Waals surface area contributed by atoms with Crippen LogP contribution in [0.3, 0.4) is 0 Å². The fourth-order valence-electron chi connectivity index (χ4n) is 7.21. The minimum Gasteiger partial charge on any atom is -0.333 e. The van der Waals surface area contributed by atoms with Gasteiger partial charge in [0.1, 0.15) is 0 Å². The first kappa shape index (κ1) is 23.3. The summed E-state index contributed by atoms with van der Waals surface area (Å²) in [5.74, 6) is 1.22. The molecule has 0 aromatic heterocycles. The van der Waals surface area contributed by atoms with E-state index in [4.69, 9.17) is 5.73 Å². The SMILES string of the molecule is C=CCC1/C(=C\C)c2cc3c(cc2N1c1ccc(C2=CCC(N)C=C2)cc1)C1CCC=CC1C3(C)C. The Balaban J connectivity index is 1.45. The van der Waals surface area contributed by atoms with Crippen LogP contribution in [0.4, 0.5) is 11.4 Å². The van der Waals surface area contributed by atoms with Gasteiger partial charge in [-0.05, 0) is 102 Å². The van der Waals surface area contributed by atoms with Crippen LogP contribution in [0.1, 0.15) is 74.6 Å². The Labute approximate surface area is 216 Å². The van der Waals surface area contributed by atoms with Crippen LogP contribution in [-0.2, 0) is 5.41 Å². The summed E-state index contributed by atoms with van der Waals surface area (Å²) in [5.41, 5.74) is 17.3. The predicted octanol–water partition coefficient (Wildman–Crippen LogP) is 8.20. The second kappa shape index (κ2) is 8.78. The molecule has 4 unspecified atom stereocenters. The molecule has 2 N–H and O–H groups in total. The van der Waals surface area contributed by atoms with Crippen molar-refractivity contribution in [3.05, 3.63) is 108 Å². The standard InChI is InChI=1S/C34H38N2/c1-5-9-32-26(6-2)29-20-31-28(27-10-7-8-11-30(27)34(31,3)4)21-33(29)36(32)25-18-14-23(15-19-25)22-12-16-24(35)17-13-22/h5-6,8,11-16,18-21,24,27,30,32H,1,7,9-10,17,35H2,2-4H3/b26-6-. The maximum atomic E-state index is 6.04. The van der Waals surface area contributed by atoms with E-state index in [0.29, 0.717) is 11.8 Å². The Bertz CT molecular complexity index is 1320. The second-order valence-electron chi connectivity index (χ2n) is 11.4. The van der Waals surface area contributed by atoms with Gasteiger partial charge in [-0.15, -0.1) is 6.58 Å². The molecule has 4 atom stereocenters. The lowest BCUT2D eigenvalue weighted by molar-refractivity contribution is 0.347. The van der Waals surface area contributed by atoms with Crippen molar-refractivity contribution in [2.24, 2.45) is 11.7 Å². The molecule has 0 fully saturated rings. The van der Waals surface area contributed by atoms with Crippen LogP contribution in [0.5, 0.6) is 0 Å². The number of allylic oxidation sites excluding steroid dienone is 5. The largest absolute Gasteiger partial charge is 0.333 e. The average molecular weight is 475 g/mol. The molecule has 0 amide bonds. The van der Waals surface area contributed by atoms with Crippen molar-refractivity contribution < 1.29 is 0 Å². The van der Waals surface area contributed by atoms with Crippen molar-refractivity contribution in [3.8, 4) is 0 Å². The molecule has 2 aromatic carbocycles. The van der Waals surface area contributed by atoms with E-state index in [1.807, 2.05) is 0 Å². The first-order valence-corrected chi connectivity index (χ1v) is 13.6. The third kappa shape index (κ3) is 3.50. The molecule has 0 radical (unpaired) electrons. The summed E-state index contributed by atoms with van der Waals surface area (Å²) in [5, 5.41) is 0. The van der Waals surface area contributed by atoms with Gasteiger partial charge in [0, 0.05) is 23.0 Å². The molecule has 0 spiro atoms. The van der Waals surface area contributed by atoms with E-state index < -0.39 is 0 Å².